The highest BCUT2D eigenvalue weighted by molar-refractivity contribution is 6.01. The fourth-order valence-electron chi connectivity index (χ4n) is 9.56. The van der Waals surface area contributed by atoms with Gasteiger partial charge in [0.05, 0.1) is 54.4 Å². The summed E-state index contributed by atoms with van der Waals surface area (Å²) in [4.78, 5) is 44.3. The summed E-state index contributed by atoms with van der Waals surface area (Å²) in [7, 11) is 0. The monoisotopic (exact) mass is 867 g/mol. The number of rotatable bonds is 11. The van der Waals surface area contributed by atoms with Crippen LogP contribution in [0.3, 0.4) is 0 Å². The highest BCUT2D eigenvalue weighted by atomic mass is 19.1. The SMILES string of the molecule is N#Cc1cnn2cc(-c3cnn(C4CCC(N5CCN(c6c(F)cc(NC7CCC(=O)NC7=O)cc6F)CC5)CC4)c3)nc(-c3ccc(N4CC[C@H](OCc5ccccn5)C4)nc3)c12. The van der Waals surface area contributed by atoms with Crippen LogP contribution in [0.25, 0.3) is 28.0 Å². The number of ether oxygens (including phenoxy) is 1. The van der Waals surface area contributed by atoms with E-state index in [0.29, 0.717) is 61.3 Å². The fourth-order valence-corrected chi connectivity index (χ4v) is 9.56. The average Bonchev–Trinajstić information content (AvgIpc) is 4.11. The number of anilines is 3. The van der Waals surface area contributed by atoms with Crippen molar-refractivity contribution in [3.05, 3.63) is 103 Å². The zero-order valence-electron chi connectivity index (χ0n) is 35.1. The first-order valence-electron chi connectivity index (χ1n) is 21.9. The quantitative estimate of drug-likeness (QED) is 0.156. The summed E-state index contributed by atoms with van der Waals surface area (Å²) in [5.41, 5.74) is 4.96. The number of pyridine rings is 2. The van der Waals surface area contributed by atoms with Crippen LogP contribution in [0.2, 0.25) is 0 Å². The Labute approximate surface area is 367 Å². The summed E-state index contributed by atoms with van der Waals surface area (Å²) in [6.45, 7) is 4.40. The molecule has 328 valence electrons. The van der Waals surface area contributed by atoms with Gasteiger partial charge in [0.25, 0.3) is 0 Å². The summed E-state index contributed by atoms with van der Waals surface area (Å²) in [6, 6.07) is 14.3. The largest absolute Gasteiger partial charge is 0.373 e. The minimum Gasteiger partial charge on any atom is -0.373 e. The van der Waals surface area contributed by atoms with Crippen molar-refractivity contribution < 1.29 is 23.1 Å². The Balaban J connectivity index is 0.758. The molecule has 1 aliphatic carbocycles. The lowest BCUT2D eigenvalue weighted by Crippen LogP contribution is -2.51. The molecule has 1 saturated carbocycles. The van der Waals surface area contributed by atoms with Gasteiger partial charge in [-0.1, -0.05) is 6.07 Å². The highest BCUT2D eigenvalue weighted by Gasteiger charge is 2.32. The second-order valence-electron chi connectivity index (χ2n) is 17.0. The Kier molecular flexibility index (Phi) is 11.4. The minimum absolute atomic E-state index is 0.0598. The van der Waals surface area contributed by atoms with Crippen LogP contribution < -0.4 is 20.4 Å². The van der Waals surface area contributed by atoms with Crippen molar-refractivity contribution in [1.29, 1.82) is 5.26 Å². The molecule has 4 fully saturated rings. The summed E-state index contributed by atoms with van der Waals surface area (Å²) < 4.78 is 40.6. The van der Waals surface area contributed by atoms with Crippen LogP contribution >= 0.6 is 0 Å². The van der Waals surface area contributed by atoms with Gasteiger partial charge in [-0.25, -0.2) is 23.3 Å². The molecule has 1 unspecified atom stereocenters. The van der Waals surface area contributed by atoms with Gasteiger partial charge in [0.1, 0.15) is 34.7 Å². The molecule has 2 N–H and O–H groups in total. The number of piperazine rings is 1. The maximum atomic E-state index is 15.4. The highest BCUT2D eigenvalue weighted by Crippen LogP contribution is 2.35. The van der Waals surface area contributed by atoms with E-state index in [4.69, 9.17) is 19.8 Å². The van der Waals surface area contributed by atoms with E-state index >= 15 is 8.78 Å². The van der Waals surface area contributed by atoms with E-state index in [9.17, 15) is 14.9 Å². The second kappa shape index (κ2) is 17.7. The fraction of sp³-hybridized carbons (Fsp3) is 0.391. The van der Waals surface area contributed by atoms with Gasteiger partial charge in [-0.2, -0.15) is 15.5 Å². The van der Waals surface area contributed by atoms with Crippen molar-refractivity contribution >= 4 is 34.5 Å². The summed E-state index contributed by atoms with van der Waals surface area (Å²) in [5.74, 6) is -1.38. The molecule has 16 nitrogen and oxygen atoms in total. The van der Waals surface area contributed by atoms with Gasteiger partial charge >= 0.3 is 0 Å². The molecule has 3 aliphatic heterocycles. The number of benzene rings is 1. The maximum absolute atomic E-state index is 15.4. The number of piperidine rings is 1. The van der Waals surface area contributed by atoms with Gasteiger partial charge in [-0.3, -0.25) is 29.5 Å². The summed E-state index contributed by atoms with van der Waals surface area (Å²) >= 11 is 0. The molecule has 18 heteroatoms. The number of hydrogen-bond acceptors (Lipinski definition) is 13. The number of carbonyl (C=O) groups excluding carboxylic acids is 2. The van der Waals surface area contributed by atoms with Crippen LogP contribution in [0.15, 0.2) is 79.6 Å². The number of halogens is 2. The molecule has 3 saturated heterocycles. The van der Waals surface area contributed by atoms with E-state index in [0.717, 1.165) is 67.8 Å². The van der Waals surface area contributed by atoms with E-state index in [2.05, 4.69) is 36.6 Å². The van der Waals surface area contributed by atoms with Crippen LogP contribution in [0.5, 0.6) is 0 Å². The first-order chi connectivity index (χ1) is 31.3. The van der Waals surface area contributed by atoms with E-state index in [-0.39, 0.29) is 42.3 Å². The molecular formula is C46H47F2N13O3. The molecule has 0 bridgehead atoms. The van der Waals surface area contributed by atoms with Crippen LogP contribution in [0, 0.1) is 23.0 Å². The molecule has 8 heterocycles. The van der Waals surface area contributed by atoms with Gasteiger partial charge in [-0.05, 0) is 74.9 Å². The molecule has 5 aromatic heterocycles. The Bertz CT molecular complexity index is 2680. The molecule has 10 rings (SSSR count). The standard InChI is InChI=1S/C46H47F2N13O3/c47-37-19-33(54-39-9-11-42(62)56-46(39)63)20-38(48)45(37)58-17-15-57(16-18-58)34-5-7-35(8-6-34)60-25-31(24-52-60)40-27-61-44(30(21-49)23-53-61)43(55-40)29-4-10-41(51-22-29)59-14-12-36(26-59)64-28-32-3-1-2-13-50-32/h1-4,10,13,19-20,22-25,27,34-36,39,54H,5-9,11-12,14-18,26,28H2,(H,56,62,63)/t34?,35?,36-,39?/m0/s1. The topological polar surface area (TPSA) is 175 Å². The van der Waals surface area contributed by atoms with Gasteiger partial charge in [0, 0.05) is 87.1 Å². The first-order valence-corrected chi connectivity index (χ1v) is 21.9. The van der Waals surface area contributed by atoms with Crippen molar-refractivity contribution in [3.8, 4) is 28.6 Å². The number of fused-ring (bicyclic) bond motifs is 1. The molecule has 0 radical (unpaired) electrons. The molecule has 64 heavy (non-hydrogen) atoms. The van der Waals surface area contributed by atoms with Crippen molar-refractivity contribution in [2.45, 2.75) is 75.8 Å². The first kappa shape index (κ1) is 41.2. The normalized spacial score (nSPS) is 21.9. The number of amides is 2. The van der Waals surface area contributed by atoms with E-state index in [1.54, 1.807) is 28.0 Å². The van der Waals surface area contributed by atoms with Crippen molar-refractivity contribution in [3.63, 3.8) is 0 Å². The van der Waals surface area contributed by atoms with E-state index in [1.807, 2.05) is 53.6 Å². The molecular weight excluding hydrogens is 821 g/mol. The second-order valence-corrected chi connectivity index (χ2v) is 17.0. The van der Waals surface area contributed by atoms with Gasteiger partial charge < -0.3 is 19.9 Å². The van der Waals surface area contributed by atoms with Crippen LogP contribution in [-0.4, -0.2) is 109 Å². The predicted molar refractivity (Wildman–Crippen MR) is 233 cm³/mol. The number of imide groups is 1. The van der Waals surface area contributed by atoms with Crippen molar-refractivity contribution in [2.75, 3.05) is 54.4 Å². The predicted octanol–water partition coefficient (Wildman–Crippen LogP) is 5.52. The number of hydrogen-bond donors (Lipinski definition) is 2. The average molecular weight is 868 g/mol. The molecule has 1 aromatic carbocycles. The van der Waals surface area contributed by atoms with E-state index in [1.165, 1.54) is 12.1 Å². The summed E-state index contributed by atoms with van der Waals surface area (Å²) in [6.07, 6.45) is 16.1. The number of carbonyl (C=O) groups is 2. The van der Waals surface area contributed by atoms with Crippen molar-refractivity contribution in [1.82, 2.24) is 44.6 Å². The third kappa shape index (κ3) is 8.48. The van der Waals surface area contributed by atoms with Crippen molar-refractivity contribution in [2.24, 2.45) is 0 Å². The lowest BCUT2D eigenvalue weighted by molar-refractivity contribution is -0.133. The molecule has 2 amide bonds. The van der Waals surface area contributed by atoms with Gasteiger partial charge in [0.2, 0.25) is 11.8 Å². The third-order valence-corrected chi connectivity index (χ3v) is 13.0. The molecule has 0 spiro atoms. The molecule has 2 atom stereocenters. The van der Waals surface area contributed by atoms with Crippen LogP contribution in [-0.2, 0) is 20.9 Å². The third-order valence-electron chi connectivity index (χ3n) is 13.0. The number of aromatic nitrogens is 7. The lowest BCUT2D eigenvalue weighted by Gasteiger charge is -2.42. The Hall–Kier alpha value is -6.84. The maximum Gasteiger partial charge on any atom is 0.249 e. The lowest BCUT2D eigenvalue weighted by atomic mass is 9.90. The zero-order valence-corrected chi connectivity index (χ0v) is 35.1. The number of nitrogens with one attached hydrogen (secondary N) is 2. The van der Waals surface area contributed by atoms with Gasteiger partial charge in [-0.15, -0.1) is 0 Å². The van der Waals surface area contributed by atoms with Gasteiger partial charge in [0.15, 0.2) is 11.6 Å². The Morgan fingerprint density at radius 1 is 0.844 bits per heavy atom. The number of nitriles is 1. The van der Waals surface area contributed by atoms with E-state index < -0.39 is 23.6 Å². The molecule has 4 aliphatic rings. The Morgan fingerprint density at radius 2 is 1.66 bits per heavy atom. The van der Waals surface area contributed by atoms with Crippen LogP contribution in [0.4, 0.5) is 26.0 Å². The number of nitrogens with zero attached hydrogens (tertiary/aromatic N) is 11. The Morgan fingerprint density at radius 3 is 2.39 bits per heavy atom. The summed E-state index contributed by atoms with van der Waals surface area (Å²) in [5, 5.41) is 24.4. The zero-order chi connectivity index (χ0) is 43.7. The van der Waals surface area contributed by atoms with Crippen LogP contribution in [0.1, 0.15) is 62.2 Å². The smallest absolute Gasteiger partial charge is 0.249 e. The minimum atomic E-state index is -0.730. The molecule has 6 aromatic rings.